The number of hydrogen-bond donors (Lipinski definition) is 1. The van der Waals surface area contributed by atoms with E-state index in [4.69, 9.17) is 5.73 Å². The lowest BCUT2D eigenvalue weighted by Gasteiger charge is -2.12. The van der Waals surface area contributed by atoms with Crippen molar-refractivity contribution in [1.29, 1.82) is 0 Å². The summed E-state index contributed by atoms with van der Waals surface area (Å²) in [5, 5.41) is 0. The molecule has 1 aliphatic rings. The Hall–Kier alpha value is -0.610. The Balaban J connectivity index is 0.000000980. The number of nitrogens with two attached hydrogens (primary N) is 1. The Morgan fingerprint density at radius 1 is 1.57 bits per heavy atom. The van der Waals surface area contributed by atoms with Crippen molar-refractivity contribution in [2.45, 2.75) is 12.5 Å². The summed E-state index contributed by atoms with van der Waals surface area (Å²) in [5.41, 5.74) is 5.85. The molecule has 1 atom stereocenters. The highest BCUT2D eigenvalue weighted by molar-refractivity contribution is 7.99. The summed E-state index contributed by atoms with van der Waals surface area (Å²) in [6.45, 7) is 0. The van der Waals surface area contributed by atoms with Gasteiger partial charge in [0.1, 0.15) is 0 Å². The van der Waals surface area contributed by atoms with Crippen LogP contribution in [0.15, 0.2) is 23.1 Å². The number of aromatic nitrogens is 1. The molecule has 2 N–H and O–H groups in total. The van der Waals surface area contributed by atoms with Crippen molar-refractivity contribution in [1.82, 2.24) is 4.57 Å². The lowest BCUT2D eigenvalue weighted by molar-refractivity contribution is 0.543. The first-order chi connectivity index (χ1) is 6.29. The van der Waals surface area contributed by atoms with Crippen LogP contribution in [0.1, 0.15) is 12.5 Å². The molecule has 2 heterocycles. The summed E-state index contributed by atoms with van der Waals surface area (Å²) in [4.78, 5) is 11.6. The van der Waals surface area contributed by atoms with Gasteiger partial charge in [-0.1, -0.05) is 0 Å². The van der Waals surface area contributed by atoms with Gasteiger partial charge in [0, 0.05) is 18.0 Å². The predicted molar refractivity (Wildman–Crippen MR) is 63.3 cm³/mol. The van der Waals surface area contributed by atoms with Crippen LogP contribution in [-0.2, 0) is 0 Å². The summed E-state index contributed by atoms with van der Waals surface area (Å²) >= 11 is 1.89. The smallest absolute Gasteiger partial charge is 0.273 e. The molecule has 0 amide bonds. The van der Waals surface area contributed by atoms with Gasteiger partial charge in [0.15, 0.2) is 0 Å². The van der Waals surface area contributed by atoms with Crippen LogP contribution in [0.25, 0.3) is 0 Å². The molecular weight excluding hydrogens is 220 g/mol. The molecule has 14 heavy (non-hydrogen) atoms. The van der Waals surface area contributed by atoms with E-state index in [1.807, 2.05) is 24.0 Å². The van der Waals surface area contributed by atoms with E-state index in [0.29, 0.717) is 11.7 Å². The van der Waals surface area contributed by atoms with Crippen LogP contribution in [0, 0.1) is 0 Å². The van der Waals surface area contributed by atoms with E-state index < -0.39 is 0 Å². The van der Waals surface area contributed by atoms with E-state index in [-0.39, 0.29) is 18.0 Å². The van der Waals surface area contributed by atoms with Crippen LogP contribution in [0.4, 0.5) is 5.69 Å². The van der Waals surface area contributed by atoms with E-state index in [9.17, 15) is 4.79 Å². The number of anilines is 1. The molecule has 3 nitrogen and oxygen atoms in total. The maximum atomic E-state index is 11.6. The molecule has 0 radical (unpaired) electrons. The molecule has 0 spiro atoms. The van der Waals surface area contributed by atoms with Crippen molar-refractivity contribution in [2.75, 3.05) is 17.2 Å². The van der Waals surface area contributed by atoms with Crippen molar-refractivity contribution in [3.8, 4) is 0 Å². The number of pyridine rings is 1. The fourth-order valence-corrected chi connectivity index (χ4v) is 2.76. The molecule has 0 bridgehead atoms. The van der Waals surface area contributed by atoms with Crippen LogP contribution < -0.4 is 11.3 Å². The molecule has 2 rings (SSSR count). The minimum Gasteiger partial charge on any atom is -0.394 e. The SMILES string of the molecule is Cl.Nc1cccn(C2CCSC2)c1=O. The Bertz CT molecular complexity index is 360. The Morgan fingerprint density at radius 3 is 3.00 bits per heavy atom. The van der Waals surface area contributed by atoms with Gasteiger partial charge in [-0.3, -0.25) is 4.79 Å². The second kappa shape index (κ2) is 4.75. The second-order valence-electron chi connectivity index (χ2n) is 3.19. The third-order valence-electron chi connectivity index (χ3n) is 2.30. The van der Waals surface area contributed by atoms with Crippen molar-refractivity contribution in [3.63, 3.8) is 0 Å². The predicted octanol–water partition coefficient (Wildman–Crippen LogP) is 1.53. The summed E-state index contributed by atoms with van der Waals surface area (Å²) in [7, 11) is 0. The van der Waals surface area contributed by atoms with E-state index in [2.05, 4.69) is 0 Å². The lowest BCUT2D eigenvalue weighted by Crippen LogP contribution is -2.25. The average Bonchev–Trinajstić information content (AvgIpc) is 2.62. The van der Waals surface area contributed by atoms with Gasteiger partial charge in [0.25, 0.3) is 5.56 Å². The quantitative estimate of drug-likeness (QED) is 0.799. The molecule has 0 aromatic carbocycles. The highest BCUT2D eigenvalue weighted by atomic mass is 35.5. The number of thioether (sulfide) groups is 1. The highest BCUT2D eigenvalue weighted by Gasteiger charge is 2.18. The van der Waals surface area contributed by atoms with Crippen molar-refractivity contribution in [2.24, 2.45) is 0 Å². The molecule has 1 aromatic rings. The fourth-order valence-electron chi connectivity index (χ4n) is 1.56. The first-order valence-electron chi connectivity index (χ1n) is 4.33. The molecule has 5 heteroatoms. The van der Waals surface area contributed by atoms with Gasteiger partial charge in [0.2, 0.25) is 0 Å². The molecule has 1 aromatic heterocycles. The van der Waals surface area contributed by atoms with Crippen LogP contribution >= 0.6 is 24.2 Å². The van der Waals surface area contributed by atoms with Crippen molar-refractivity contribution in [3.05, 3.63) is 28.7 Å². The zero-order chi connectivity index (χ0) is 9.26. The van der Waals surface area contributed by atoms with E-state index in [1.54, 1.807) is 10.6 Å². The van der Waals surface area contributed by atoms with Crippen LogP contribution in [-0.4, -0.2) is 16.1 Å². The van der Waals surface area contributed by atoms with E-state index in [1.165, 1.54) is 0 Å². The lowest BCUT2D eigenvalue weighted by atomic mass is 10.2. The zero-order valence-corrected chi connectivity index (χ0v) is 9.31. The van der Waals surface area contributed by atoms with E-state index >= 15 is 0 Å². The maximum Gasteiger partial charge on any atom is 0.273 e. The molecule has 0 saturated carbocycles. The second-order valence-corrected chi connectivity index (χ2v) is 4.34. The van der Waals surface area contributed by atoms with Gasteiger partial charge >= 0.3 is 0 Å². The average molecular weight is 233 g/mol. The molecule has 1 saturated heterocycles. The Kier molecular flexibility index (Phi) is 3.89. The van der Waals surface area contributed by atoms with Gasteiger partial charge < -0.3 is 10.3 Å². The van der Waals surface area contributed by atoms with Crippen LogP contribution in [0.3, 0.4) is 0 Å². The maximum absolute atomic E-state index is 11.6. The summed E-state index contributed by atoms with van der Waals surface area (Å²) in [6, 6.07) is 3.83. The first kappa shape index (κ1) is 11.5. The minimum atomic E-state index is -0.0463. The summed E-state index contributed by atoms with van der Waals surface area (Å²) < 4.78 is 1.76. The molecule has 1 aliphatic heterocycles. The van der Waals surface area contributed by atoms with Gasteiger partial charge in [0.05, 0.1) is 5.69 Å². The van der Waals surface area contributed by atoms with Crippen LogP contribution in [0.2, 0.25) is 0 Å². The number of rotatable bonds is 1. The van der Waals surface area contributed by atoms with E-state index in [0.717, 1.165) is 17.9 Å². The highest BCUT2D eigenvalue weighted by Crippen LogP contribution is 2.26. The molecule has 78 valence electrons. The third-order valence-corrected chi connectivity index (χ3v) is 3.45. The number of hydrogen-bond acceptors (Lipinski definition) is 3. The first-order valence-corrected chi connectivity index (χ1v) is 5.49. The van der Waals surface area contributed by atoms with Gasteiger partial charge in [-0.15, -0.1) is 12.4 Å². The molecular formula is C9H13ClN2OS. The largest absolute Gasteiger partial charge is 0.394 e. The monoisotopic (exact) mass is 232 g/mol. The molecule has 1 unspecified atom stereocenters. The molecule has 1 fully saturated rings. The van der Waals surface area contributed by atoms with Gasteiger partial charge in [-0.05, 0) is 24.3 Å². The Morgan fingerprint density at radius 2 is 2.36 bits per heavy atom. The Labute approximate surface area is 93.1 Å². The van der Waals surface area contributed by atoms with Gasteiger partial charge in [-0.25, -0.2) is 0 Å². The minimum absolute atomic E-state index is 0. The van der Waals surface area contributed by atoms with Crippen LogP contribution in [0.5, 0.6) is 0 Å². The topological polar surface area (TPSA) is 48.0 Å². The molecule has 0 aliphatic carbocycles. The standard InChI is InChI=1S/C9H12N2OS.ClH/c10-8-2-1-4-11(9(8)12)7-3-5-13-6-7;/h1-2,4,7H,3,5-6,10H2;1H. The zero-order valence-electron chi connectivity index (χ0n) is 7.68. The number of nitrogen functional groups attached to an aromatic ring is 1. The third kappa shape index (κ3) is 2.07. The van der Waals surface area contributed by atoms with Crippen molar-refractivity contribution >= 4 is 29.9 Å². The number of halogens is 1. The van der Waals surface area contributed by atoms with Crippen molar-refractivity contribution < 1.29 is 0 Å². The number of nitrogens with zero attached hydrogens (tertiary/aromatic N) is 1. The van der Waals surface area contributed by atoms with Gasteiger partial charge in [-0.2, -0.15) is 11.8 Å². The summed E-state index contributed by atoms with van der Waals surface area (Å²) in [6.07, 6.45) is 2.91. The summed E-state index contributed by atoms with van der Waals surface area (Å²) in [5.74, 6) is 2.18. The normalized spacial score (nSPS) is 20.4. The fraction of sp³-hybridized carbons (Fsp3) is 0.444.